The van der Waals surface area contributed by atoms with E-state index in [1.54, 1.807) is 0 Å². The van der Waals surface area contributed by atoms with Gasteiger partial charge in [0.1, 0.15) is 0 Å². The zero-order chi connectivity index (χ0) is 14.9. The molecule has 0 spiro atoms. The van der Waals surface area contributed by atoms with Crippen LogP contribution in [-0.2, 0) is 4.79 Å². The summed E-state index contributed by atoms with van der Waals surface area (Å²) in [5.41, 5.74) is 6.56. The summed E-state index contributed by atoms with van der Waals surface area (Å²) in [6.07, 6.45) is 2.14. The molecule has 1 aromatic carbocycles. The average Bonchev–Trinajstić information content (AvgIpc) is 2.55. The number of nitrogens with one attached hydrogen (secondary N) is 1. The number of para-hydroxylation sites is 1. The van der Waals surface area contributed by atoms with E-state index in [-0.39, 0.29) is 12.5 Å². The van der Waals surface area contributed by atoms with Gasteiger partial charge in [-0.15, -0.1) is 0 Å². The Balaban J connectivity index is 1.58. The molecule has 1 fully saturated rings. The van der Waals surface area contributed by atoms with Crippen LogP contribution in [0.3, 0.4) is 0 Å². The van der Waals surface area contributed by atoms with E-state index in [4.69, 9.17) is 5.73 Å². The van der Waals surface area contributed by atoms with Crippen LogP contribution in [0.25, 0.3) is 0 Å². The fourth-order valence-electron chi connectivity index (χ4n) is 2.63. The first kappa shape index (κ1) is 15.8. The number of amides is 1. The van der Waals surface area contributed by atoms with Crippen LogP contribution in [0.1, 0.15) is 12.8 Å². The van der Waals surface area contributed by atoms with E-state index in [2.05, 4.69) is 45.4 Å². The summed E-state index contributed by atoms with van der Waals surface area (Å²) in [6, 6.07) is 10.6. The highest BCUT2D eigenvalue weighted by Crippen LogP contribution is 2.15. The zero-order valence-electron chi connectivity index (χ0n) is 12.6. The molecule has 0 aromatic heterocycles. The summed E-state index contributed by atoms with van der Waals surface area (Å²) in [5, 5.41) is 2.81. The molecule has 116 valence electrons. The first-order valence-electron chi connectivity index (χ1n) is 7.78. The minimum Gasteiger partial charge on any atom is -0.369 e. The van der Waals surface area contributed by atoms with Crippen LogP contribution in [-0.4, -0.2) is 56.6 Å². The number of unbranched alkanes of at least 4 members (excludes halogenated alkanes) is 1. The predicted octanol–water partition coefficient (Wildman–Crippen LogP) is 0.664. The molecule has 0 unspecified atom stereocenters. The van der Waals surface area contributed by atoms with E-state index in [9.17, 15) is 4.79 Å². The Bertz CT molecular complexity index is 416. The molecular weight excluding hydrogens is 264 g/mol. The van der Waals surface area contributed by atoms with Crippen LogP contribution in [0, 0.1) is 0 Å². The lowest BCUT2D eigenvalue weighted by Gasteiger charge is -2.36. The second-order valence-electron chi connectivity index (χ2n) is 5.43. The van der Waals surface area contributed by atoms with Crippen molar-refractivity contribution in [2.75, 3.05) is 50.7 Å². The second-order valence-corrected chi connectivity index (χ2v) is 5.43. The van der Waals surface area contributed by atoms with E-state index >= 15 is 0 Å². The molecule has 3 N–H and O–H groups in total. The molecule has 1 amide bonds. The quantitative estimate of drug-likeness (QED) is 0.724. The molecule has 1 aliphatic rings. The van der Waals surface area contributed by atoms with Gasteiger partial charge in [-0.25, -0.2) is 0 Å². The van der Waals surface area contributed by atoms with Gasteiger partial charge in [0, 0.05) is 38.4 Å². The Morgan fingerprint density at radius 3 is 2.48 bits per heavy atom. The maximum atomic E-state index is 11.0. The van der Waals surface area contributed by atoms with Crippen LogP contribution in [0.4, 0.5) is 5.69 Å². The Morgan fingerprint density at radius 2 is 1.81 bits per heavy atom. The molecule has 1 aliphatic heterocycles. The minimum atomic E-state index is -0.0634. The maximum Gasteiger partial charge on any atom is 0.233 e. The molecule has 21 heavy (non-hydrogen) atoms. The van der Waals surface area contributed by atoms with Crippen molar-refractivity contribution in [3.8, 4) is 0 Å². The number of carbonyl (C=O) groups is 1. The van der Waals surface area contributed by atoms with Crippen molar-refractivity contribution < 1.29 is 4.79 Å². The third kappa shape index (κ3) is 5.36. The van der Waals surface area contributed by atoms with Crippen LogP contribution in [0.2, 0.25) is 0 Å². The molecule has 1 heterocycles. The first-order valence-corrected chi connectivity index (χ1v) is 7.78. The summed E-state index contributed by atoms with van der Waals surface area (Å²) in [7, 11) is 0. The Morgan fingerprint density at radius 1 is 1.10 bits per heavy atom. The van der Waals surface area contributed by atoms with Crippen LogP contribution in [0.15, 0.2) is 30.3 Å². The van der Waals surface area contributed by atoms with E-state index in [0.717, 1.165) is 52.1 Å². The number of benzene rings is 1. The molecule has 2 rings (SSSR count). The lowest BCUT2D eigenvalue weighted by molar-refractivity contribution is -0.119. The highest BCUT2D eigenvalue weighted by atomic mass is 16.1. The number of rotatable bonds is 7. The van der Waals surface area contributed by atoms with Crippen molar-refractivity contribution in [1.82, 2.24) is 10.2 Å². The van der Waals surface area contributed by atoms with Crippen LogP contribution < -0.4 is 16.0 Å². The molecule has 5 nitrogen and oxygen atoms in total. The highest BCUT2D eigenvalue weighted by molar-refractivity contribution is 5.77. The molecule has 0 atom stereocenters. The number of hydrogen-bond acceptors (Lipinski definition) is 4. The Hall–Kier alpha value is -1.59. The van der Waals surface area contributed by atoms with Gasteiger partial charge in [0.25, 0.3) is 0 Å². The minimum absolute atomic E-state index is 0.0634. The molecule has 0 saturated carbocycles. The summed E-state index contributed by atoms with van der Waals surface area (Å²) in [6.45, 7) is 6.35. The van der Waals surface area contributed by atoms with Gasteiger partial charge in [-0.1, -0.05) is 18.2 Å². The van der Waals surface area contributed by atoms with E-state index < -0.39 is 0 Å². The predicted molar refractivity (Wildman–Crippen MR) is 86.4 cm³/mol. The molecule has 5 heteroatoms. The lowest BCUT2D eigenvalue weighted by Crippen LogP contribution is -2.46. The van der Waals surface area contributed by atoms with Gasteiger partial charge >= 0.3 is 0 Å². The van der Waals surface area contributed by atoms with Crippen molar-refractivity contribution in [1.29, 1.82) is 0 Å². The van der Waals surface area contributed by atoms with Gasteiger partial charge in [-0.05, 0) is 31.5 Å². The van der Waals surface area contributed by atoms with Crippen molar-refractivity contribution in [3.05, 3.63) is 30.3 Å². The Labute approximate surface area is 127 Å². The summed E-state index contributed by atoms with van der Waals surface area (Å²) in [4.78, 5) is 15.9. The Kier molecular flexibility index (Phi) is 6.50. The zero-order valence-corrected chi connectivity index (χ0v) is 12.6. The molecule has 1 saturated heterocycles. The van der Waals surface area contributed by atoms with E-state index in [1.807, 2.05) is 0 Å². The van der Waals surface area contributed by atoms with Crippen molar-refractivity contribution in [2.45, 2.75) is 12.8 Å². The van der Waals surface area contributed by atoms with Gasteiger partial charge in [-0.3, -0.25) is 9.69 Å². The second kappa shape index (κ2) is 8.64. The van der Waals surface area contributed by atoms with Gasteiger partial charge in [0.05, 0.1) is 6.54 Å². The maximum absolute atomic E-state index is 11.0. The van der Waals surface area contributed by atoms with E-state index in [1.165, 1.54) is 5.69 Å². The fourth-order valence-corrected chi connectivity index (χ4v) is 2.63. The fraction of sp³-hybridized carbons (Fsp3) is 0.562. The van der Waals surface area contributed by atoms with Crippen molar-refractivity contribution >= 4 is 11.6 Å². The number of piperazine rings is 1. The number of nitrogens with zero attached hydrogens (tertiary/aromatic N) is 2. The lowest BCUT2D eigenvalue weighted by atomic mass is 10.2. The standard InChI is InChI=1S/C16H26N4O/c17-14-16(21)18-8-4-5-9-19-10-12-20(13-11-19)15-6-2-1-3-7-15/h1-3,6-7H,4-5,8-14,17H2,(H,18,21). The van der Waals surface area contributed by atoms with Crippen LogP contribution in [0.5, 0.6) is 0 Å². The monoisotopic (exact) mass is 290 g/mol. The molecule has 0 bridgehead atoms. The van der Waals surface area contributed by atoms with Gasteiger partial charge in [-0.2, -0.15) is 0 Å². The van der Waals surface area contributed by atoms with Gasteiger partial charge < -0.3 is 16.0 Å². The van der Waals surface area contributed by atoms with Gasteiger partial charge in [0.15, 0.2) is 0 Å². The molecule has 0 aliphatic carbocycles. The van der Waals surface area contributed by atoms with E-state index in [0.29, 0.717) is 0 Å². The first-order chi connectivity index (χ1) is 10.3. The van der Waals surface area contributed by atoms with Gasteiger partial charge in [0.2, 0.25) is 5.91 Å². The topological polar surface area (TPSA) is 61.6 Å². The molecular formula is C16H26N4O. The normalized spacial score (nSPS) is 16.0. The number of carbonyl (C=O) groups excluding carboxylic acids is 1. The third-order valence-electron chi connectivity index (χ3n) is 3.90. The van der Waals surface area contributed by atoms with Crippen molar-refractivity contribution in [3.63, 3.8) is 0 Å². The third-order valence-corrected chi connectivity index (χ3v) is 3.90. The summed E-state index contributed by atoms with van der Waals surface area (Å²) >= 11 is 0. The van der Waals surface area contributed by atoms with Crippen LogP contribution >= 0.6 is 0 Å². The number of hydrogen-bond donors (Lipinski definition) is 2. The SMILES string of the molecule is NCC(=O)NCCCCN1CCN(c2ccccc2)CC1. The summed E-state index contributed by atoms with van der Waals surface area (Å²) < 4.78 is 0. The highest BCUT2D eigenvalue weighted by Gasteiger charge is 2.16. The summed E-state index contributed by atoms with van der Waals surface area (Å²) in [5.74, 6) is -0.0634. The number of anilines is 1. The average molecular weight is 290 g/mol. The largest absolute Gasteiger partial charge is 0.369 e. The number of nitrogens with two attached hydrogens (primary N) is 1. The smallest absolute Gasteiger partial charge is 0.233 e. The molecule has 1 aromatic rings. The van der Waals surface area contributed by atoms with Crippen molar-refractivity contribution in [2.24, 2.45) is 5.73 Å². The molecule has 0 radical (unpaired) electrons.